The molecule has 5 nitrogen and oxygen atoms in total. The number of benzene rings is 2. The number of halogens is 3. The van der Waals surface area contributed by atoms with E-state index < -0.39 is 27.6 Å². The maximum absolute atomic E-state index is 13.2. The fourth-order valence-electron chi connectivity index (χ4n) is 2.91. The predicted molar refractivity (Wildman–Crippen MR) is 99.7 cm³/mol. The minimum absolute atomic E-state index is 0.0366. The molecule has 0 radical (unpaired) electrons. The highest BCUT2D eigenvalue weighted by Gasteiger charge is 2.28. The second-order valence-electron chi connectivity index (χ2n) is 6.21. The van der Waals surface area contributed by atoms with Crippen LogP contribution in [0.5, 0.6) is 0 Å². The average molecular weight is 459 g/mol. The van der Waals surface area contributed by atoms with Crippen LogP contribution in [0.3, 0.4) is 0 Å². The normalized spacial score (nSPS) is 15.1. The summed E-state index contributed by atoms with van der Waals surface area (Å²) in [6.07, 6.45) is 1.63. The summed E-state index contributed by atoms with van der Waals surface area (Å²) in [4.78, 5) is 12.5. The van der Waals surface area contributed by atoms with E-state index in [2.05, 4.69) is 21.2 Å². The predicted octanol–water partition coefficient (Wildman–Crippen LogP) is 3.44. The van der Waals surface area contributed by atoms with E-state index in [0.717, 1.165) is 31.0 Å². The van der Waals surface area contributed by atoms with Crippen LogP contribution >= 0.6 is 15.9 Å². The molecule has 1 aliphatic heterocycles. The molecule has 0 saturated carbocycles. The lowest BCUT2D eigenvalue weighted by molar-refractivity contribution is 0.0949. The molecule has 1 aliphatic rings. The number of hydrogen-bond donors (Lipinski definition) is 1. The molecule has 1 saturated heterocycles. The summed E-state index contributed by atoms with van der Waals surface area (Å²) in [5.74, 6) is -2.02. The first-order valence-electron chi connectivity index (χ1n) is 8.30. The van der Waals surface area contributed by atoms with Gasteiger partial charge < -0.3 is 5.32 Å². The lowest BCUT2D eigenvalue weighted by atomic mass is 10.2. The van der Waals surface area contributed by atoms with Crippen LogP contribution < -0.4 is 5.32 Å². The molecular formula is C18H17BrF2N2O3S. The lowest BCUT2D eigenvalue weighted by Crippen LogP contribution is -2.28. The van der Waals surface area contributed by atoms with E-state index in [1.165, 1.54) is 22.5 Å². The highest BCUT2D eigenvalue weighted by molar-refractivity contribution is 9.10. The molecule has 0 atom stereocenters. The fraction of sp³-hybridized carbons (Fsp3) is 0.278. The monoisotopic (exact) mass is 458 g/mol. The lowest BCUT2D eigenvalue weighted by Gasteiger charge is -2.16. The van der Waals surface area contributed by atoms with E-state index in [-0.39, 0.29) is 22.6 Å². The second kappa shape index (κ2) is 8.04. The van der Waals surface area contributed by atoms with E-state index in [1.807, 2.05) is 0 Å². The Kier molecular flexibility index (Phi) is 5.92. The Balaban J connectivity index is 1.80. The summed E-state index contributed by atoms with van der Waals surface area (Å²) in [5.41, 5.74) is 0.393. The van der Waals surface area contributed by atoms with Crippen LogP contribution in [0.25, 0.3) is 0 Å². The molecular weight excluding hydrogens is 442 g/mol. The van der Waals surface area contributed by atoms with Gasteiger partial charge in [-0.15, -0.1) is 0 Å². The molecule has 0 aliphatic carbocycles. The van der Waals surface area contributed by atoms with Crippen molar-refractivity contribution in [3.63, 3.8) is 0 Å². The fourth-order valence-corrected chi connectivity index (χ4v) is 4.88. The van der Waals surface area contributed by atoms with Gasteiger partial charge in [0.2, 0.25) is 10.0 Å². The molecule has 0 aromatic heterocycles. The third-order valence-electron chi connectivity index (χ3n) is 4.26. The number of amides is 1. The van der Waals surface area contributed by atoms with Crippen molar-refractivity contribution in [1.29, 1.82) is 0 Å². The Hall–Kier alpha value is -1.84. The molecule has 9 heteroatoms. The number of carbonyl (C=O) groups is 1. The van der Waals surface area contributed by atoms with Crippen LogP contribution in [0.4, 0.5) is 8.78 Å². The van der Waals surface area contributed by atoms with Crippen LogP contribution in [0.2, 0.25) is 0 Å². The summed E-state index contributed by atoms with van der Waals surface area (Å²) in [5, 5.41) is 2.55. The van der Waals surface area contributed by atoms with Crippen molar-refractivity contribution in [2.45, 2.75) is 24.3 Å². The molecule has 27 heavy (non-hydrogen) atoms. The molecule has 1 amide bonds. The van der Waals surface area contributed by atoms with Crippen molar-refractivity contribution < 1.29 is 22.0 Å². The Morgan fingerprint density at radius 2 is 1.70 bits per heavy atom. The Bertz CT molecular complexity index is 956. The summed E-state index contributed by atoms with van der Waals surface area (Å²) in [6, 6.07) is 7.23. The summed E-state index contributed by atoms with van der Waals surface area (Å²) in [6.45, 7) is 0.833. The van der Waals surface area contributed by atoms with Gasteiger partial charge in [-0.1, -0.05) is 0 Å². The van der Waals surface area contributed by atoms with Crippen LogP contribution in [-0.2, 0) is 16.6 Å². The molecule has 144 valence electrons. The van der Waals surface area contributed by atoms with Gasteiger partial charge in [0.1, 0.15) is 11.6 Å². The molecule has 1 N–H and O–H groups in total. The molecule has 1 fully saturated rings. The Morgan fingerprint density at radius 3 is 2.33 bits per heavy atom. The smallest absolute Gasteiger partial charge is 0.252 e. The largest absolute Gasteiger partial charge is 0.348 e. The molecule has 0 unspecified atom stereocenters. The maximum atomic E-state index is 13.2. The molecule has 2 aromatic rings. The molecule has 1 heterocycles. The quantitative estimate of drug-likeness (QED) is 0.745. The van der Waals surface area contributed by atoms with Crippen molar-refractivity contribution in [1.82, 2.24) is 9.62 Å². The van der Waals surface area contributed by atoms with Gasteiger partial charge >= 0.3 is 0 Å². The Labute approximate surface area is 164 Å². The number of sulfonamides is 1. The standard InChI is InChI=1S/C18H17BrF2N2O3S/c19-17-4-3-15(27(25,26)23-5-1-2-6-23)10-16(17)18(24)22-11-12-7-13(20)9-14(21)8-12/h3-4,7-10H,1-2,5-6,11H2,(H,22,24). The minimum atomic E-state index is -3.66. The van der Waals surface area contributed by atoms with Gasteiger partial charge in [-0.2, -0.15) is 4.31 Å². The van der Waals surface area contributed by atoms with Gasteiger partial charge in [-0.3, -0.25) is 4.79 Å². The van der Waals surface area contributed by atoms with Gasteiger partial charge in [-0.25, -0.2) is 17.2 Å². The van der Waals surface area contributed by atoms with Crippen molar-refractivity contribution in [2.75, 3.05) is 13.1 Å². The van der Waals surface area contributed by atoms with Gasteiger partial charge in [0.25, 0.3) is 5.91 Å². The zero-order valence-corrected chi connectivity index (χ0v) is 16.6. The van der Waals surface area contributed by atoms with Gasteiger partial charge in [0.15, 0.2) is 0 Å². The van der Waals surface area contributed by atoms with Crippen LogP contribution in [-0.4, -0.2) is 31.7 Å². The van der Waals surface area contributed by atoms with E-state index in [0.29, 0.717) is 17.6 Å². The summed E-state index contributed by atoms with van der Waals surface area (Å²) in [7, 11) is -3.66. The van der Waals surface area contributed by atoms with E-state index in [1.54, 1.807) is 0 Å². The van der Waals surface area contributed by atoms with E-state index in [9.17, 15) is 22.0 Å². The summed E-state index contributed by atoms with van der Waals surface area (Å²) < 4.78 is 53.6. The number of carbonyl (C=O) groups excluding carboxylic acids is 1. The first-order valence-corrected chi connectivity index (χ1v) is 10.5. The third kappa shape index (κ3) is 4.53. The maximum Gasteiger partial charge on any atom is 0.252 e. The van der Waals surface area contributed by atoms with E-state index in [4.69, 9.17) is 0 Å². The summed E-state index contributed by atoms with van der Waals surface area (Å²) >= 11 is 3.24. The number of hydrogen-bond acceptors (Lipinski definition) is 3. The highest BCUT2D eigenvalue weighted by Crippen LogP contribution is 2.25. The average Bonchev–Trinajstić information content (AvgIpc) is 3.14. The van der Waals surface area contributed by atoms with Crippen LogP contribution in [0.1, 0.15) is 28.8 Å². The zero-order chi connectivity index (χ0) is 19.6. The third-order valence-corrected chi connectivity index (χ3v) is 6.85. The van der Waals surface area contributed by atoms with Crippen molar-refractivity contribution in [3.05, 3.63) is 63.6 Å². The van der Waals surface area contributed by atoms with Crippen LogP contribution in [0.15, 0.2) is 45.8 Å². The molecule has 0 bridgehead atoms. The topological polar surface area (TPSA) is 66.5 Å². The zero-order valence-electron chi connectivity index (χ0n) is 14.2. The Morgan fingerprint density at radius 1 is 1.07 bits per heavy atom. The van der Waals surface area contributed by atoms with Gasteiger partial charge in [0, 0.05) is 30.2 Å². The van der Waals surface area contributed by atoms with Crippen molar-refractivity contribution >= 4 is 31.9 Å². The minimum Gasteiger partial charge on any atom is -0.348 e. The first kappa shape index (κ1) is 19.9. The first-order chi connectivity index (χ1) is 12.8. The van der Waals surface area contributed by atoms with Crippen molar-refractivity contribution in [3.8, 4) is 0 Å². The SMILES string of the molecule is O=C(NCc1cc(F)cc(F)c1)c1cc(S(=O)(=O)N2CCCC2)ccc1Br. The van der Waals surface area contributed by atoms with Crippen LogP contribution in [0, 0.1) is 11.6 Å². The molecule has 0 spiro atoms. The molecule has 2 aromatic carbocycles. The van der Waals surface area contributed by atoms with Gasteiger partial charge in [-0.05, 0) is 64.7 Å². The van der Waals surface area contributed by atoms with E-state index >= 15 is 0 Å². The second-order valence-corrected chi connectivity index (χ2v) is 9.01. The number of nitrogens with one attached hydrogen (secondary N) is 1. The number of nitrogens with zero attached hydrogens (tertiary/aromatic N) is 1. The molecule has 3 rings (SSSR count). The van der Waals surface area contributed by atoms with Crippen molar-refractivity contribution in [2.24, 2.45) is 0 Å². The number of rotatable bonds is 5. The van der Waals surface area contributed by atoms with Gasteiger partial charge in [0.05, 0.1) is 10.5 Å². The highest BCUT2D eigenvalue weighted by atomic mass is 79.9.